The molecular formula is C22H23ClN4O2. The number of carbonyl (C=O) groups is 2. The van der Waals surface area contributed by atoms with Gasteiger partial charge in [0.05, 0.1) is 18.5 Å². The highest BCUT2D eigenvalue weighted by Crippen LogP contribution is 2.28. The van der Waals surface area contributed by atoms with Crippen molar-refractivity contribution >= 4 is 34.3 Å². The number of aromatic nitrogens is 2. The Morgan fingerprint density at radius 2 is 1.97 bits per heavy atom. The molecule has 4 rings (SSSR count). The minimum absolute atomic E-state index is 0.0479. The first-order valence-electron chi connectivity index (χ1n) is 9.59. The van der Waals surface area contributed by atoms with Gasteiger partial charge in [-0.2, -0.15) is 0 Å². The van der Waals surface area contributed by atoms with Crippen molar-refractivity contribution in [3.63, 3.8) is 0 Å². The van der Waals surface area contributed by atoms with Gasteiger partial charge in [0.15, 0.2) is 0 Å². The van der Waals surface area contributed by atoms with Crippen molar-refractivity contribution in [2.75, 3.05) is 19.6 Å². The molecule has 3 heterocycles. The number of fused-ring (bicyclic) bond motifs is 1. The summed E-state index contributed by atoms with van der Waals surface area (Å²) in [5, 5.41) is 1.65. The van der Waals surface area contributed by atoms with Crippen LogP contribution in [0.5, 0.6) is 0 Å². The zero-order valence-electron chi connectivity index (χ0n) is 16.5. The minimum atomic E-state index is -0.725. The van der Waals surface area contributed by atoms with Gasteiger partial charge in [0.1, 0.15) is 0 Å². The fraction of sp³-hybridized carbons (Fsp3) is 0.318. The van der Waals surface area contributed by atoms with Crippen LogP contribution < -0.4 is 0 Å². The van der Waals surface area contributed by atoms with Crippen LogP contribution in [0.4, 0.5) is 0 Å². The van der Waals surface area contributed by atoms with E-state index in [0.29, 0.717) is 24.7 Å². The number of nitrogens with one attached hydrogen (secondary N) is 1. The molecule has 6 nitrogen and oxygen atoms in total. The van der Waals surface area contributed by atoms with Gasteiger partial charge in [0.2, 0.25) is 11.8 Å². The summed E-state index contributed by atoms with van der Waals surface area (Å²) in [6.07, 6.45) is 3.53. The number of piperazine rings is 1. The van der Waals surface area contributed by atoms with E-state index in [4.69, 9.17) is 11.6 Å². The number of carbonyl (C=O) groups excluding carboxylic acids is 2. The van der Waals surface area contributed by atoms with E-state index in [1.165, 1.54) is 0 Å². The highest BCUT2D eigenvalue weighted by molar-refractivity contribution is 6.30. The molecule has 3 aromatic rings. The number of benzene rings is 1. The molecule has 0 unspecified atom stereocenters. The monoisotopic (exact) mass is 410 g/mol. The predicted octanol–water partition coefficient (Wildman–Crippen LogP) is 3.36. The molecule has 0 bridgehead atoms. The van der Waals surface area contributed by atoms with Crippen molar-refractivity contribution in [2.24, 2.45) is 0 Å². The second kappa shape index (κ2) is 7.52. The van der Waals surface area contributed by atoms with Gasteiger partial charge in [-0.3, -0.25) is 14.6 Å². The molecule has 1 aromatic carbocycles. The number of H-pyrrole nitrogens is 1. The molecule has 0 radical (unpaired) electrons. The third-order valence-corrected chi connectivity index (χ3v) is 5.80. The minimum Gasteiger partial charge on any atom is -0.357 e. The molecule has 7 heteroatoms. The van der Waals surface area contributed by atoms with Gasteiger partial charge >= 0.3 is 0 Å². The van der Waals surface area contributed by atoms with Gasteiger partial charge in [0, 0.05) is 47.1 Å². The second-order valence-corrected chi connectivity index (χ2v) is 8.37. The summed E-state index contributed by atoms with van der Waals surface area (Å²) in [6, 6.07) is 11.2. The summed E-state index contributed by atoms with van der Waals surface area (Å²) in [5.41, 5.74) is 2.12. The lowest BCUT2D eigenvalue weighted by Crippen LogP contribution is -2.55. The van der Waals surface area contributed by atoms with Gasteiger partial charge in [0.25, 0.3) is 0 Å². The molecule has 0 aliphatic carbocycles. The molecule has 29 heavy (non-hydrogen) atoms. The Morgan fingerprint density at radius 1 is 1.21 bits per heavy atom. The summed E-state index contributed by atoms with van der Waals surface area (Å²) < 4.78 is 0. The smallest absolute Gasteiger partial charge is 0.242 e. The Hall–Kier alpha value is -2.86. The molecular weight excluding hydrogens is 388 g/mol. The first kappa shape index (κ1) is 19.5. The molecule has 0 atom stereocenters. The van der Waals surface area contributed by atoms with Crippen molar-refractivity contribution < 1.29 is 9.59 Å². The van der Waals surface area contributed by atoms with E-state index in [0.717, 1.165) is 22.2 Å². The molecule has 1 saturated heterocycles. The van der Waals surface area contributed by atoms with Crippen LogP contribution in [0.25, 0.3) is 10.9 Å². The van der Waals surface area contributed by atoms with Crippen LogP contribution in [0.1, 0.15) is 25.1 Å². The molecule has 2 aromatic heterocycles. The van der Waals surface area contributed by atoms with Crippen molar-refractivity contribution in [1.82, 2.24) is 19.8 Å². The van der Waals surface area contributed by atoms with Gasteiger partial charge in [-0.05, 0) is 43.7 Å². The summed E-state index contributed by atoms with van der Waals surface area (Å²) in [5.74, 6) is -0.0993. The normalized spacial score (nSPS) is 15.2. The number of nitrogens with zero attached hydrogens (tertiary/aromatic N) is 3. The number of amides is 2. The lowest BCUT2D eigenvalue weighted by Gasteiger charge is -2.38. The number of rotatable bonds is 4. The Morgan fingerprint density at radius 3 is 2.66 bits per heavy atom. The number of halogens is 1. The standard InChI is InChI=1S/C22H23ClN4O2/c1-22(2,16-3-5-17(23)6-4-16)21(29)27-10-9-26(20(28)14-27)13-18-11-15-12-24-8-7-19(15)25-18/h3-8,11-12,25H,9-10,13-14H2,1-2H3. The SMILES string of the molecule is CC(C)(C(=O)N1CCN(Cc2cc3cnccc3[nH]2)C(=O)C1)c1ccc(Cl)cc1. The topological polar surface area (TPSA) is 69.3 Å². The number of aromatic amines is 1. The Balaban J connectivity index is 1.43. The first-order valence-corrected chi connectivity index (χ1v) is 9.97. The van der Waals surface area contributed by atoms with Crippen molar-refractivity contribution in [2.45, 2.75) is 25.8 Å². The third-order valence-electron chi connectivity index (χ3n) is 5.54. The van der Waals surface area contributed by atoms with E-state index in [9.17, 15) is 9.59 Å². The maximum absolute atomic E-state index is 13.1. The predicted molar refractivity (Wildman–Crippen MR) is 113 cm³/mol. The van der Waals surface area contributed by atoms with Crippen molar-refractivity contribution in [1.29, 1.82) is 0 Å². The summed E-state index contributed by atoms with van der Waals surface area (Å²) >= 11 is 5.97. The van der Waals surface area contributed by atoms with Gasteiger partial charge in [-0.25, -0.2) is 0 Å². The Kier molecular flexibility index (Phi) is 5.04. The molecule has 1 aliphatic rings. The summed E-state index contributed by atoms with van der Waals surface area (Å²) in [7, 11) is 0. The van der Waals surface area contributed by atoms with Crippen molar-refractivity contribution in [3.8, 4) is 0 Å². The van der Waals surface area contributed by atoms with E-state index in [1.807, 2.05) is 38.1 Å². The number of hydrogen-bond donors (Lipinski definition) is 1. The van der Waals surface area contributed by atoms with Crippen LogP contribution in [0.2, 0.25) is 5.02 Å². The fourth-order valence-corrected chi connectivity index (χ4v) is 3.88. The first-order chi connectivity index (χ1) is 13.8. The third kappa shape index (κ3) is 3.85. The maximum Gasteiger partial charge on any atom is 0.242 e. The molecule has 1 aliphatic heterocycles. The van der Waals surface area contributed by atoms with E-state index in [2.05, 4.69) is 9.97 Å². The highest BCUT2D eigenvalue weighted by atomic mass is 35.5. The average molecular weight is 411 g/mol. The summed E-state index contributed by atoms with van der Waals surface area (Å²) in [4.78, 5) is 36.8. The summed E-state index contributed by atoms with van der Waals surface area (Å²) in [6.45, 7) is 5.38. The van der Waals surface area contributed by atoms with Crippen molar-refractivity contribution in [3.05, 3.63) is 65.1 Å². The van der Waals surface area contributed by atoms with E-state index in [-0.39, 0.29) is 18.4 Å². The highest BCUT2D eigenvalue weighted by Gasteiger charge is 2.37. The van der Waals surface area contributed by atoms with Gasteiger partial charge in [-0.1, -0.05) is 23.7 Å². The number of hydrogen-bond acceptors (Lipinski definition) is 3. The lowest BCUT2D eigenvalue weighted by atomic mass is 9.83. The van der Waals surface area contributed by atoms with Gasteiger partial charge in [-0.15, -0.1) is 0 Å². The Labute approximate surface area is 174 Å². The van der Waals surface area contributed by atoms with E-state index in [1.54, 1.807) is 34.3 Å². The van der Waals surface area contributed by atoms with E-state index >= 15 is 0 Å². The fourth-order valence-electron chi connectivity index (χ4n) is 3.76. The lowest BCUT2D eigenvalue weighted by molar-refractivity contribution is -0.148. The van der Waals surface area contributed by atoms with Crippen LogP contribution >= 0.6 is 11.6 Å². The van der Waals surface area contributed by atoms with Crippen LogP contribution in [-0.4, -0.2) is 51.2 Å². The molecule has 0 saturated carbocycles. The average Bonchev–Trinajstić information content (AvgIpc) is 3.11. The molecule has 0 spiro atoms. The zero-order chi connectivity index (χ0) is 20.6. The van der Waals surface area contributed by atoms with Gasteiger partial charge < -0.3 is 14.8 Å². The molecule has 1 fully saturated rings. The zero-order valence-corrected chi connectivity index (χ0v) is 17.2. The Bertz CT molecular complexity index is 1030. The van der Waals surface area contributed by atoms with E-state index < -0.39 is 5.41 Å². The molecule has 150 valence electrons. The molecule has 2 amide bonds. The van der Waals surface area contributed by atoms with Crippen LogP contribution in [-0.2, 0) is 21.5 Å². The number of pyridine rings is 1. The van der Waals surface area contributed by atoms with Crippen LogP contribution in [0.3, 0.4) is 0 Å². The quantitative estimate of drug-likeness (QED) is 0.717. The maximum atomic E-state index is 13.1. The van der Waals surface area contributed by atoms with Crippen LogP contribution in [0, 0.1) is 0 Å². The second-order valence-electron chi connectivity index (χ2n) is 7.93. The van der Waals surface area contributed by atoms with Crippen LogP contribution in [0.15, 0.2) is 48.8 Å². The largest absolute Gasteiger partial charge is 0.357 e. The molecule has 1 N–H and O–H groups in total.